The fourth-order valence-corrected chi connectivity index (χ4v) is 1.10. The Balaban J connectivity index is 2.78. The number of carbonyl (C=O) groups is 2. The zero-order valence-corrected chi connectivity index (χ0v) is 8.80. The number of aromatic carboxylic acids is 1. The van der Waals surface area contributed by atoms with Gasteiger partial charge in [-0.05, 0) is 19.1 Å². The average molecular weight is 224 g/mol. The van der Waals surface area contributed by atoms with E-state index in [1.165, 1.54) is 12.1 Å². The smallest absolute Gasteiger partial charge is 0.341 e. The molecule has 1 aromatic carbocycles. The molecule has 0 atom stereocenters. The lowest BCUT2D eigenvalue weighted by molar-refractivity contribution is -0.0276. The molecule has 0 aromatic heterocycles. The highest BCUT2D eigenvalue weighted by Crippen LogP contribution is 2.10. The van der Waals surface area contributed by atoms with Crippen LogP contribution < -0.4 is 0 Å². The van der Waals surface area contributed by atoms with E-state index in [1.807, 2.05) is 0 Å². The summed E-state index contributed by atoms with van der Waals surface area (Å²) in [5.74, 6) is -1.87. The molecule has 1 N–H and O–H groups in total. The fourth-order valence-electron chi connectivity index (χ4n) is 1.10. The summed E-state index contributed by atoms with van der Waals surface area (Å²) in [5, 5.41) is 8.85. The van der Waals surface area contributed by atoms with E-state index in [2.05, 4.69) is 0 Å². The molecule has 5 nitrogen and oxygen atoms in total. The molecule has 0 radical (unpaired) electrons. The first-order valence-electron chi connectivity index (χ1n) is 4.74. The van der Waals surface area contributed by atoms with Crippen molar-refractivity contribution in [3.8, 4) is 0 Å². The average Bonchev–Trinajstić information content (AvgIpc) is 2.29. The first-order chi connectivity index (χ1) is 7.66. The zero-order chi connectivity index (χ0) is 12.0. The molecule has 0 saturated carbocycles. The summed E-state index contributed by atoms with van der Waals surface area (Å²) in [7, 11) is 0. The maximum atomic E-state index is 11.5. The van der Waals surface area contributed by atoms with Gasteiger partial charge >= 0.3 is 11.9 Å². The van der Waals surface area contributed by atoms with Crippen LogP contribution >= 0.6 is 0 Å². The van der Waals surface area contributed by atoms with Crippen LogP contribution in [0.15, 0.2) is 24.3 Å². The van der Waals surface area contributed by atoms with Crippen molar-refractivity contribution in [3.63, 3.8) is 0 Å². The third-order valence-electron chi connectivity index (χ3n) is 1.85. The Kier molecular flexibility index (Phi) is 4.47. The highest BCUT2D eigenvalue weighted by Gasteiger charge is 2.16. The maximum Gasteiger partial charge on any atom is 0.341 e. The van der Waals surface area contributed by atoms with Gasteiger partial charge in [-0.2, -0.15) is 0 Å². The van der Waals surface area contributed by atoms with Gasteiger partial charge in [0.05, 0.1) is 11.1 Å². The topological polar surface area (TPSA) is 72.8 Å². The summed E-state index contributed by atoms with van der Waals surface area (Å²) in [6.07, 6.45) is 0. The van der Waals surface area contributed by atoms with Gasteiger partial charge in [-0.3, -0.25) is 0 Å². The molecule has 1 aromatic rings. The van der Waals surface area contributed by atoms with Crippen molar-refractivity contribution < 1.29 is 24.2 Å². The number of carboxylic acids is 1. The monoisotopic (exact) mass is 224 g/mol. The lowest BCUT2D eigenvalue weighted by Gasteiger charge is -2.06. The van der Waals surface area contributed by atoms with Crippen molar-refractivity contribution in [2.75, 3.05) is 13.4 Å². The number of ether oxygens (including phenoxy) is 2. The molecule has 1 rings (SSSR count). The molecular weight excluding hydrogens is 212 g/mol. The van der Waals surface area contributed by atoms with Crippen molar-refractivity contribution in [1.82, 2.24) is 0 Å². The maximum absolute atomic E-state index is 11.5. The van der Waals surface area contributed by atoms with Crippen LogP contribution in [0.4, 0.5) is 0 Å². The standard InChI is InChI=1S/C11H12O5/c1-2-15-7-16-11(14)9-6-4-3-5-8(9)10(12)13/h3-6H,2,7H2,1H3,(H,12,13). The first-order valence-corrected chi connectivity index (χ1v) is 4.74. The largest absolute Gasteiger partial charge is 0.478 e. The molecule has 0 aliphatic heterocycles. The molecule has 5 heteroatoms. The van der Waals surface area contributed by atoms with Gasteiger partial charge in [0.2, 0.25) is 0 Å². The van der Waals surface area contributed by atoms with E-state index in [0.717, 1.165) is 0 Å². The molecule has 0 unspecified atom stereocenters. The number of carbonyl (C=O) groups excluding carboxylic acids is 1. The quantitative estimate of drug-likeness (QED) is 0.466. The zero-order valence-electron chi connectivity index (χ0n) is 8.80. The number of rotatable bonds is 5. The highest BCUT2D eigenvalue weighted by atomic mass is 16.7. The Morgan fingerprint density at radius 1 is 1.25 bits per heavy atom. The van der Waals surface area contributed by atoms with Crippen molar-refractivity contribution in [1.29, 1.82) is 0 Å². The van der Waals surface area contributed by atoms with Crippen LogP contribution in [0.1, 0.15) is 27.6 Å². The Morgan fingerprint density at radius 3 is 2.44 bits per heavy atom. The molecule has 0 spiro atoms. The van der Waals surface area contributed by atoms with Gasteiger partial charge < -0.3 is 14.6 Å². The van der Waals surface area contributed by atoms with Crippen LogP contribution in [0.5, 0.6) is 0 Å². The number of esters is 1. The second-order valence-corrected chi connectivity index (χ2v) is 2.89. The van der Waals surface area contributed by atoms with Crippen LogP contribution in [-0.4, -0.2) is 30.4 Å². The second kappa shape index (κ2) is 5.87. The Morgan fingerprint density at radius 2 is 1.88 bits per heavy atom. The molecule has 0 heterocycles. The van der Waals surface area contributed by atoms with Crippen LogP contribution in [0.3, 0.4) is 0 Å². The van der Waals surface area contributed by atoms with E-state index in [4.69, 9.17) is 14.6 Å². The lowest BCUT2D eigenvalue weighted by Crippen LogP contribution is -2.13. The fraction of sp³-hybridized carbons (Fsp3) is 0.273. The minimum absolute atomic E-state index is 0.0229. The third kappa shape index (κ3) is 3.06. The number of hydrogen-bond acceptors (Lipinski definition) is 4. The number of benzene rings is 1. The molecular formula is C11H12O5. The third-order valence-corrected chi connectivity index (χ3v) is 1.85. The van der Waals surface area contributed by atoms with Crippen molar-refractivity contribution in [2.24, 2.45) is 0 Å². The van der Waals surface area contributed by atoms with Gasteiger partial charge in [-0.1, -0.05) is 12.1 Å². The van der Waals surface area contributed by atoms with Crippen LogP contribution in [0.25, 0.3) is 0 Å². The highest BCUT2D eigenvalue weighted by molar-refractivity contribution is 6.02. The molecule has 0 amide bonds. The van der Waals surface area contributed by atoms with Gasteiger partial charge in [0, 0.05) is 6.61 Å². The summed E-state index contributed by atoms with van der Waals surface area (Å²) in [6, 6.07) is 5.86. The van der Waals surface area contributed by atoms with Gasteiger partial charge in [0.1, 0.15) is 0 Å². The second-order valence-electron chi connectivity index (χ2n) is 2.89. The van der Waals surface area contributed by atoms with Gasteiger partial charge in [0.25, 0.3) is 0 Å². The Hall–Kier alpha value is -1.88. The summed E-state index contributed by atoms with van der Waals surface area (Å²) >= 11 is 0. The van der Waals surface area contributed by atoms with E-state index in [1.54, 1.807) is 19.1 Å². The minimum atomic E-state index is -1.16. The normalized spacial score (nSPS) is 9.81. The molecule has 0 saturated heterocycles. The molecule has 0 bridgehead atoms. The summed E-state index contributed by atoms with van der Waals surface area (Å²) in [6.45, 7) is 2.01. The van der Waals surface area contributed by atoms with E-state index in [-0.39, 0.29) is 17.9 Å². The van der Waals surface area contributed by atoms with Crippen LogP contribution in [-0.2, 0) is 9.47 Å². The number of carboxylic acid groups (broad SMARTS) is 1. The molecule has 0 fully saturated rings. The van der Waals surface area contributed by atoms with E-state index >= 15 is 0 Å². The molecule has 16 heavy (non-hydrogen) atoms. The van der Waals surface area contributed by atoms with Crippen molar-refractivity contribution in [3.05, 3.63) is 35.4 Å². The van der Waals surface area contributed by atoms with Gasteiger partial charge in [-0.15, -0.1) is 0 Å². The van der Waals surface area contributed by atoms with Crippen molar-refractivity contribution >= 4 is 11.9 Å². The van der Waals surface area contributed by atoms with E-state index in [0.29, 0.717) is 6.61 Å². The van der Waals surface area contributed by atoms with Crippen LogP contribution in [0, 0.1) is 0 Å². The summed E-state index contributed by atoms with van der Waals surface area (Å²) in [5.41, 5.74) is -0.0568. The molecule has 86 valence electrons. The molecule has 0 aliphatic carbocycles. The summed E-state index contributed by atoms with van der Waals surface area (Å²) < 4.78 is 9.57. The van der Waals surface area contributed by atoms with Gasteiger partial charge in [-0.25, -0.2) is 9.59 Å². The first kappa shape index (κ1) is 12.2. The van der Waals surface area contributed by atoms with E-state index < -0.39 is 11.9 Å². The van der Waals surface area contributed by atoms with Crippen molar-refractivity contribution in [2.45, 2.75) is 6.92 Å². The number of hydrogen-bond donors (Lipinski definition) is 1. The SMILES string of the molecule is CCOCOC(=O)c1ccccc1C(=O)O. The Bertz CT molecular complexity index is 386. The predicted octanol–water partition coefficient (Wildman–Crippen LogP) is 1.54. The lowest BCUT2D eigenvalue weighted by atomic mass is 10.1. The minimum Gasteiger partial charge on any atom is -0.478 e. The van der Waals surface area contributed by atoms with Gasteiger partial charge in [0.15, 0.2) is 6.79 Å². The van der Waals surface area contributed by atoms with Crippen LogP contribution in [0.2, 0.25) is 0 Å². The summed E-state index contributed by atoms with van der Waals surface area (Å²) in [4.78, 5) is 22.3. The van der Waals surface area contributed by atoms with E-state index in [9.17, 15) is 9.59 Å². The molecule has 0 aliphatic rings. The Labute approximate surface area is 92.6 Å². The predicted molar refractivity (Wildman–Crippen MR) is 55.3 cm³/mol.